The maximum Gasteiger partial charge on any atom is 0.160 e. The number of ether oxygens (including phenoxy) is 2. The quantitative estimate of drug-likeness (QED) is 0.584. The van der Waals surface area contributed by atoms with E-state index in [1.54, 1.807) is 13.8 Å². The molecule has 0 aromatic heterocycles. The molecule has 0 saturated carbocycles. The van der Waals surface area contributed by atoms with E-state index in [4.69, 9.17) is 9.47 Å². The lowest BCUT2D eigenvalue weighted by Crippen LogP contribution is -2.54. The zero-order valence-electron chi connectivity index (χ0n) is 7.65. The molecule has 1 fully saturated rings. The van der Waals surface area contributed by atoms with Gasteiger partial charge in [0.1, 0.15) is 6.10 Å². The summed E-state index contributed by atoms with van der Waals surface area (Å²) in [6, 6.07) is 0. The third kappa shape index (κ3) is 1.77. The van der Waals surface area contributed by atoms with E-state index in [9.17, 15) is 10.2 Å². The van der Waals surface area contributed by atoms with Gasteiger partial charge in [0.15, 0.2) is 6.29 Å². The van der Waals surface area contributed by atoms with Gasteiger partial charge < -0.3 is 19.7 Å². The Labute approximate surface area is 72.1 Å². The minimum atomic E-state index is -1.11. The first-order chi connectivity index (χ1) is 5.47. The van der Waals surface area contributed by atoms with Crippen molar-refractivity contribution in [1.82, 2.24) is 0 Å². The Morgan fingerprint density at radius 2 is 2.17 bits per heavy atom. The molecule has 0 radical (unpaired) electrons. The fourth-order valence-electron chi connectivity index (χ4n) is 1.46. The molecular weight excluding hydrogens is 160 g/mol. The van der Waals surface area contributed by atoms with E-state index >= 15 is 0 Å². The SMILES string of the molecule is CO[C@@H]1C[C@](C)(O)[C@H](O)[C@H](C)O1. The molecule has 2 N–H and O–H groups in total. The van der Waals surface area contributed by atoms with Crippen molar-refractivity contribution in [3.05, 3.63) is 0 Å². The standard InChI is InChI=1S/C8H16O4/c1-5-7(9)8(2,10)4-6(11-3)12-5/h5-7,9-10H,4H2,1-3H3/t5-,6-,7+,8-/m0/s1. The lowest BCUT2D eigenvalue weighted by Gasteiger charge is -2.41. The molecule has 1 saturated heterocycles. The lowest BCUT2D eigenvalue weighted by molar-refractivity contribution is -0.264. The highest BCUT2D eigenvalue weighted by molar-refractivity contribution is 4.90. The van der Waals surface area contributed by atoms with E-state index in [1.807, 2.05) is 0 Å². The number of hydrogen-bond acceptors (Lipinski definition) is 4. The molecule has 0 bridgehead atoms. The van der Waals surface area contributed by atoms with E-state index in [2.05, 4.69) is 0 Å². The summed E-state index contributed by atoms with van der Waals surface area (Å²) in [7, 11) is 1.52. The van der Waals surface area contributed by atoms with E-state index in [0.717, 1.165) is 0 Å². The number of hydrogen-bond donors (Lipinski definition) is 2. The first-order valence-corrected chi connectivity index (χ1v) is 4.06. The maximum absolute atomic E-state index is 9.70. The molecule has 1 rings (SSSR count). The summed E-state index contributed by atoms with van der Waals surface area (Å²) < 4.78 is 10.2. The zero-order chi connectivity index (χ0) is 9.35. The van der Waals surface area contributed by atoms with Crippen LogP contribution in [0.2, 0.25) is 0 Å². The van der Waals surface area contributed by atoms with Gasteiger partial charge >= 0.3 is 0 Å². The second-order valence-corrected chi connectivity index (χ2v) is 3.51. The molecule has 72 valence electrons. The Morgan fingerprint density at radius 1 is 1.58 bits per heavy atom. The van der Waals surface area contributed by atoms with Crippen molar-refractivity contribution in [2.75, 3.05) is 7.11 Å². The van der Waals surface area contributed by atoms with Crippen LogP contribution in [0.5, 0.6) is 0 Å². The van der Waals surface area contributed by atoms with Gasteiger partial charge in [-0.1, -0.05) is 0 Å². The molecule has 4 nitrogen and oxygen atoms in total. The van der Waals surface area contributed by atoms with Crippen LogP contribution in [0, 0.1) is 0 Å². The predicted molar refractivity (Wildman–Crippen MR) is 42.6 cm³/mol. The van der Waals surface area contributed by atoms with Crippen molar-refractivity contribution >= 4 is 0 Å². The predicted octanol–water partition coefficient (Wildman–Crippen LogP) is -0.120. The highest BCUT2D eigenvalue weighted by Crippen LogP contribution is 2.28. The Kier molecular flexibility index (Phi) is 2.73. The van der Waals surface area contributed by atoms with Gasteiger partial charge in [-0.25, -0.2) is 0 Å². The van der Waals surface area contributed by atoms with E-state index in [0.29, 0.717) is 6.42 Å². The van der Waals surface area contributed by atoms with Crippen LogP contribution in [-0.2, 0) is 9.47 Å². The van der Waals surface area contributed by atoms with E-state index in [-0.39, 0.29) is 0 Å². The molecule has 0 aromatic rings. The number of aliphatic hydroxyl groups is 2. The summed E-state index contributed by atoms with van der Waals surface area (Å²) in [6.45, 7) is 3.30. The van der Waals surface area contributed by atoms with E-state index < -0.39 is 24.1 Å². The molecule has 4 heteroatoms. The summed E-state index contributed by atoms with van der Waals surface area (Å²) in [6.07, 6.45) is -1.35. The number of rotatable bonds is 1. The summed E-state index contributed by atoms with van der Waals surface area (Å²) >= 11 is 0. The topological polar surface area (TPSA) is 58.9 Å². The van der Waals surface area contributed by atoms with Gasteiger partial charge in [-0.2, -0.15) is 0 Å². The van der Waals surface area contributed by atoms with Crippen LogP contribution >= 0.6 is 0 Å². The van der Waals surface area contributed by atoms with Crippen LogP contribution in [0.1, 0.15) is 20.3 Å². The summed E-state index contributed by atoms with van der Waals surface area (Å²) in [5.41, 5.74) is -1.11. The Bertz CT molecular complexity index is 157. The van der Waals surface area contributed by atoms with Crippen LogP contribution in [0.25, 0.3) is 0 Å². The molecule has 0 aromatic carbocycles. The number of aliphatic hydroxyl groups excluding tert-OH is 1. The fourth-order valence-corrected chi connectivity index (χ4v) is 1.46. The minimum absolute atomic E-state index is 0.301. The van der Waals surface area contributed by atoms with E-state index in [1.165, 1.54) is 7.11 Å². The van der Waals surface area contributed by atoms with Gasteiger partial charge in [-0.15, -0.1) is 0 Å². The smallest absolute Gasteiger partial charge is 0.160 e. The molecular formula is C8H16O4. The van der Waals surface area contributed by atoms with Crippen LogP contribution in [0.15, 0.2) is 0 Å². The zero-order valence-corrected chi connectivity index (χ0v) is 7.65. The first-order valence-electron chi connectivity index (χ1n) is 4.06. The molecule has 0 unspecified atom stereocenters. The van der Waals surface area contributed by atoms with Crippen molar-refractivity contribution < 1.29 is 19.7 Å². The molecule has 4 atom stereocenters. The molecule has 1 heterocycles. The molecule has 1 aliphatic rings. The summed E-state index contributed by atoms with van der Waals surface area (Å²) in [4.78, 5) is 0. The molecule has 0 aliphatic carbocycles. The average molecular weight is 176 g/mol. The van der Waals surface area contributed by atoms with Gasteiger partial charge in [-0.05, 0) is 13.8 Å². The van der Waals surface area contributed by atoms with Gasteiger partial charge in [0.25, 0.3) is 0 Å². The van der Waals surface area contributed by atoms with Crippen LogP contribution in [0.3, 0.4) is 0 Å². The molecule has 1 aliphatic heterocycles. The Balaban J connectivity index is 2.65. The highest BCUT2D eigenvalue weighted by Gasteiger charge is 2.43. The first kappa shape index (κ1) is 9.92. The van der Waals surface area contributed by atoms with Gasteiger partial charge in [0, 0.05) is 13.5 Å². The summed E-state index contributed by atoms with van der Waals surface area (Å²) in [5.74, 6) is 0. The third-order valence-electron chi connectivity index (χ3n) is 2.29. The van der Waals surface area contributed by atoms with Crippen LogP contribution < -0.4 is 0 Å². The lowest BCUT2D eigenvalue weighted by atomic mass is 9.89. The van der Waals surface area contributed by atoms with Crippen molar-refractivity contribution in [2.24, 2.45) is 0 Å². The Morgan fingerprint density at radius 3 is 2.58 bits per heavy atom. The summed E-state index contributed by atoms with van der Waals surface area (Å²) in [5, 5.41) is 19.2. The van der Waals surface area contributed by atoms with Crippen molar-refractivity contribution in [3.8, 4) is 0 Å². The average Bonchev–Trinajstić information content (AvgIpc) is 1.99. The molecule has 0 amide bonds. The van der Waals surface area contributed by atoms with Crippen molar-refractivity contribution in [2.45, 2.75) is 44.4 Å². The normalized spacial score (nSPS) is 49.2. The van der Waals surface area contributed by atoms with Gasteiger partial charge in [0.2, 0.25) is 0 Å². The van der Waals surface area contributed by atoms with Crippen molar-refractivity contribution in [3.63, 3.8) is 0 Å². The van der Waals surface area contributed by atoms with Crippen LogP contribution in [-0.4, -0.2) is 41.4 Å². The van der Waals surface area contributed by atoms with Gasteiger partial charge in [-0.3, -0.25) is 0 Å². The molecule has 0 spiro atoms. The third-order valence-corrected chi connectivity index (χ3v) is 2.29. The second kappa shape index (κ2) is 3.30. The van der Waals surface area contributed by atoms with Crippen molar-refractivity contribution in [1.29, 1.82) is 0 Å². The number of methoxy groups -OCH3 is 1. The van der Waals surface area contributed by atoms with Gasteiger partial charge in [0.05, 0.1) is 11.7 Å². The maximum atomic E-state index is 9.70. The fraction of sp³-hybridized carbons (Fsp3) is 1.00. The molecule has 12 heavy (non-hydrogen) atoms. The monoisotopic (exact) mass is 176 g/mol. The largest absolute Gasteiger partial charge is 0.387 e. The Hall–Kier alpha value is -0.160. The second-order valence-electron chi connectivity index (χ2n) is 3.51. The van der Waals surface area contributed by atoms with Crippen LogP contribution in [0.4, 0.5) is 0 Å². The highest BCUT2D eigenvalue weighted by atomic mass is 16.7. The minimum Gasteiger partial charge on any atom is -0.387 e.